The first-order valence-corrected chi connectivity index (χ1v) is 12.5. The highest BCUT2D eigenvalue weighted by molar-refractivity contribution is 6.30. The minimum Gasteiger partial charge on any atom is -0.370 e. The molecule has 4 aromatic rings. The van der Waals surface area contributed by atoms with Crippen LogP contribution in [0.25, 0.3) is 5.78 Å². The summed E-state index contributed by atoms with van der Waals surface area (Å²) in [5.41, 5.74) is 5.34. The summed E-state index contributed by atoms with van der Waals surface area (Å²) >= 11 is 6.09. The number of aryl methyl sites for hydroxylation is 1. The number of hydrogen-bond donors (Lipinski definition) is 1. The van der Waals surface area contributed by atoms with E-state index in [2.05, 4.69) is 55.5 Å². The van der Waals surface area contributed by atoms with Gasteiger partial charge in [0.05, 0.1) is 16.9 Å². The molecule has 1 aliphatic heterocycles. The van der Waals surface area contributed by atoms with Gasteiger partial charge in [0, 0.05) is 49.3 Å². The lowest BCUT2D eigenvalue weighted by Gasteiger charge is -2.60. The summed E-state index contributed by atoms with van der Waals surface area (Å²) in [5, 5.41) is 3.49. The minimum atomic E-state index is -0.180. The van der Waals surface area contributed by atoms with Crippen LogP contribution in [0.4, 0.5) is 5.69 Å². The number of carbonyl (C=O) groups excluding carboxylic acids is 1. The van der Waals surface area contributed by atoms with Gasteiger partial charge in [-0.1, -0.05) is 36.7 Å². The molecule has 0 bridgehead atoms. The highest BCUT2D eigenvalue weighted by atomic mass is 35.5. The zero-order valence-corrected chi connectivity index (χ0v) is 20.4. The third-order valence-corrected chi connectivity index (χ3v) is 7.59. The van der Waals surface area contributed by atoms with Gasteiger partial charge >= 0.3 is 0 Å². The van der Waals surface area contributed by atoms with Crippen molar-refractivity contribution in [2.75, 3.05) is 18.0 Å². The zero-order chi connectivity index (χ0) is 24.0. The van der Waals surface area contributed by atoms with E-state index in [1.807, 2.05) is 25.4 Å². The van der Waals surface area contributed by atoms with E-state index >= 15 is 0 Å². The van der Waals surface area contributed by atoms with Gasteiger partial charge in [0.2, 0.25) is 5.78 Å². The number of benzene rings is 1. The van der Waals surface area contributed by atoms with Gasteiger partial charge in [-0.15, -0.1) is 0 Å². The van der Waals surface area contributed by atoms with Crippen LogP contribution in [0.15, 0.2) is 61.2 Å². The second-order valence-electron chi connectivity index (χ2n) is 9.80. The molecule has 1 spiro atoms. The maximum absolute atomic E-state index is 13.0. The number of amides is 1. The molecule has 2 aliphatic rings. The number of imidazole rings is 1. The quantitative estimate of drug-likeness (QED) is 0.429. The van der Waals surface area contributed by atoms with E-state index in [1.165, 1.54) is 30.3 Å². The van der Waals surface area contributed by atoms with Crippen molar-refractivity contribution in [3.05, 3.63) is 88.7 Å². The molecule has 1 amide bonds. The predicted octanol–water partition coefficient (Wildman–Crippen LogP) is 4.65. The largest absolute Gasteiger partial charge is 0.370 e. The molecule has 178 valence electrons. The van der Waals surface area contributed by atoms with Crippen LogP contribution in [0, 0.1) is 5.41 Å². The Morgan fingerprint density at radius 1 is 1.17 bits per heavy atom. The second-order valence-corrected chi connectivity index (χ2v) is 10.2. The SMILES string of the molecule is CCc1nc2ncc(Cl)cn2c1C(=O)NCc1ccc(N2CC3(CC(c4cccnc4)C3)C2)cc1. The number of halogens is 1. The molecule has 3 aromatic heterocycles. The fourth-order valence-electron chi connectivity index (χ4n) is 5.58. The summed E-state index contributed by atoms with van der Waals surface area (Å²) in [6.45, 7) is 4.65. The van der Waals surface area contributed by atoms with Crippen molar-refractivity contribution in [2.24, 2.45) is 5.41 Å². The van der Waals surface area contributed by atoms with Gasteiger partial charge in [-0.25, -0.2) is 9.97 Å². The Bertz CT molecular complexity index is 1370. The first kappa shape index (κ1) is 22.0. The number of nitrogens with zero attached hydrogens (tertiary/aromatic N) is 5. The van der Waals surface area contributed by atoms with Gasteiger partial charge < -0.3 is 10.2 Å². The highest BCUT2D eigenvalue weighted by Gasteiger charge is 2.52. The average molecular weight is 487 g/mol. The predicted molar refractivity (Wildman–Crippen MR) is 136 cm³/mol. The van der Waals surface area contributed by atoms with Gasteiger partial charge in [-0.2, -0.15) is 0 Å². The van der Waals surface area contributed by atoms with Gasteiger partial charge in [0.25, 0.3) is 5.91 Å². The Balaban J connectivity index is 1.05. The summed E-state index contributed by atoms with van der Waals surface area (Å²) in [6.07, 6.45) is 10.2. The molecule has 0 atom stereocenters. The molecule has 7 nitrogen and oxygen atoms in total. The molecule has 4 heterocycles. The monoisotopic (exact) mass is 486 g/mol. The standard InChI is InChI=1S/C27H27ClN6O/c1-2-23-24(34-15-21(28)14-31-26(34)32-23)25(35)30-12-18-5-7-22(8-6-18)33-16-27(17-33)10-20(11-27)19-4-3-9-29-13-19/h3-9,13-15,20H,2,10-12,16-17H2,1H3,(H,30,35). The normalized spacial score (nSPS) is 16.8. The molecular weight excluding hydrogens is 460 g/mol. The number of hydrogen-bond acceptors (Lipinski definition) is 5. The number of nitrogens with one attached hydrogen (secondary N) is 1. The summed E-state index contributed by atoms with van der Waals surface area (Å²) in [5.74, 6) is 0.955. The van der Waals surface area contributed by atoms with Crippen LogP contribution < -0.4 is 10.2 Å². The number of fused-ring (bicyclic) bond motifs is 1. The van der Waals surface area contributed by atoms with E-state index in [9.17, 15) is 4.79 Å². The number of pyridine rings is 1. The maximum Gasteiger partial charge on any atom is 0.270 e. The van der Waals surface area contributed by atoms with Gasteiger partial charge in [-0.05, 0) is 54.5 Å². The highest BCUT2D eigenvalue weighted by Crippen LogP contribution is 2.56. The summed E-state index contributed by atoms with van der Waals surface area (Å²) in [6, 6.07) is 12.7. The molecule has 1 saturated heterocycles. The number of aromatic nitrogens is 4. The fourth-order valence-corrected chi connectivity index (χ4v) is 5.72. The molecule has 35 heavy (non-hydrogen) atoms. The molecule has 8 heteroatoms. The minimum absolute atomic E-state index is 0.180. The molecular formula is C27H27ClN6O. The average Bonchev–Trinajstić information content (AvgIpc) is 3.20. The van der Waals surface area contributed by atoms with Crippen LogP contribution in [-0.2, 0) is 13.0 Å². The maximum atomic E-state index is 13.0. The van der Waals surface area contributed by atoms with E-state index in [0.29, 0.717) is 46.5 Å². The van der Waals surface area contributed by atoms with Crippen LogP contribution >= 0.6 is 11.6 Å². The summed E-state index contributed by atoms with van der Waals surface area (Å²) in [4.78, 5) is 28.4. The van der Waals surface area contributed by atoms with E-state index < -0.39 is 0 Å². The fraction of sp³-hybridized carbons (Fsp3) is 0.333. The molecule has 6 rings (SSSR count). The molecule has 1 saturated carbocycles. The van der Waals surface area contributed by atoms with Crippen molar-refractivity contribution in [3.63, 3.8) is 0 Å². The van der Waals surface area contributed by atoms with Gasteiger partial charge in [0.15, 0.2) is 0 Å². The first-order valence-electron chi connectivity index (χ1n) is 12.1. The van der Waals surface area contributed by atoms with Crippen LogP contribution in [0.2, 0.25) is 5.02 Å². The molecule has 1 aliphatic carbocycles. The summed E-state index contributed by atoms with van der Waals surface area (Å²) in [7, 11) is 0. The third kappa shape index (κ3) is 4.04. The van der Waals surface area contributed by atoms with Gasteiger partial charge in [-0.3, -0.25) is 14.2 Å². The first-order chi connectivity index (χ1) is 17.0. The van der Waals surface area contributed by atoms with Crippen LogP contribution in [0.3, 0.4) is 0 Å². The van der Waals surface area contributed by atoms with Crippen molar-refractivity contribution in [1.82, 2.24) is 24.7 Å². The molecule has 0 radical (unpaired) electrons. The molecule has 1 aromatic carbocycles. The Kier molecular flexibility index (Phi) is 5.44. The van der Waals surface area contributed by atoms with Crippen molar-refractivity contribution in [1.29, 1.82) is 0 Å². The lowest BCUT2D eigenvalue weighted by Crippen LogP contribution is -2.61. The molecule has 2 fully saturated rings. The van der Waals surface area contributed by atoms with Crippen molar-refractivity contribution in [2.45, 2.75) is 38.6 Å². The Hall–Kier alpha value is -3.45. The van der Waals surface area contributed by atoms with E-state index in [4.69, 9.17) is 11.6 Å². The van der Waals surface area contributed by atoms with E-state index in [-0.39, 0.29) is 5.91 Å². The Morgan fingerprint density at radius 2 is 1.97 bits per heavy atom. The Morgan fingerprint density at radius 3 is 2.69 bits per heavy atom. The topological polar surface area (TPSA) is 75.4 Å². The zero-order valence-electron chi connectivity index (χ0n) is 19.6. The summed E-state index contributed by atoms with van der Waals surface area (Å²) < 4.78 is 1.67. The van der Waals surface area contributed by atoms with Crippen LogP contribution in [0.1, 0.15) is 53.0 Å². The van der Waals surface area contributed by atoms with Crippen LogP contribution in [-0.4, -0.2) is 38.3 Å². The van der Waals surface area contributed by atoms with Crippen LogP contribution in [0.5, 0.6) is 0 Å². The number of rotatable bonds is 6. The van der Waals surface area contributed by atoms with Crippen molar-refractivity contribution < 1.29 is 4.79 Å². The lowest BCUT2D eigenvalue weighted by molar-refractivity contribution is 0.0632. The number of carbonyl (C=O) groups is 1. The third-order valence-electron chi connectivity index (χ3n) is 7.39. The lowest BCUT2D eigenvalue weighted by atomic mass is 9.56. The van der Waals surface area contributed by atoms with E-state index in [1.54, 1.807) is 10.6 Å². The molecule has 0 unspecified atom stereocenters. The van der Waals surface area contributed by atoms with Gasteiger partial charge in [0.1, 0.15) is 5.69 Å². The molecule has 1 N–H and O–H groups in total. The Labute approximate surface area is 209 Å². The smallest absolute Gasteiger partial charge is 0.270 e. The van der Waals surface area contributed by atoms with E-state index in [0.717, 1.165) is 18.7 Å². The second kappa shape index (κ2) is 8.64. The van der Waals surface area contributed by atoms with Crippen molar-refractivity contribution >= 4 is 29.0 Å². The van der Waals surface area contributed by atoms with Crippen molar-refractivity contribution in [3.8, 4) is 0 Å². The number of anilines is 1.